The lowest BCUT2D eigenvalue weighted by atomic mass is 9.85. The molecular formula is C42H26O. The SMILES string of the molecule is [2H]c1c([2H])c(-c2c3ccccc3c(-c3c([2H])c([2H])c4c([2H])c([2H])c([2H])c([2H])c4c3[2H])c3ccccc23)c([2H])c([2H])c1-c1c([2H])c([2H])c2oc3c([2H])c([2H])c([2H])c([2H])c3c2c1[2H]. The molecule has 0 aliphatic heterocycles. The Bertz CT molecular complexity index is 3430. The number of benzene rings is 8. The number of hydrogen-bond acceptors (Lipinski definition) is 1. The Morgan fingerprint density at radius 3 is 1.63 bits per heavy atom. The highest BCUT2D eigenvalue weighted by molar-refractivity contribution is 6.21. The Morgan fingerprint density at radius 1 is 0.372 bits per heavy atom. The van der Waals surface area contributed by atoms with E-state index in [0.717, 1.165) is 0 Å². The first-order chi connectivity index (χ1) is 28.8. The van der Waals surface area contributed by atoms with Gasteiger partial charge in [-0.25, -0.2) is 0 Å². The molecule has 43 heavy (non-hydrogen) atoms. The van der Waals surface area contributed by atoms with E-state index in [1.165, 1.54) is 0 Å². The molecule has 0 saturated heterocycles. The predicted octanol–water partition coefficient (Wildman–Crippen LogP) is 12.0. The van der Waals surface area contributed by atoms with Gasteiger partial charge < -0.3 is 4.42 Å². The van der Waals surface area contributed by atoms with Crippen LogP contribution in [0.5, 0.6) is 0 Å². The van der Waals surface area contributed by atoms with Gasteiger partial charge in [0.25, 0.3) is 0 Å². The van der Waals surface area contributed by atoms with Crippen molar-refractivity contribution >= 4 is 54.3 Å². The minimum absolute atomic E-state index is 0.0967. The molecule has 0 aliphatic carbocycles. The van der Waals surface area contributed by atoms with E-state index >= 15 is 0 Å². The molecule has 0 amide bonds. The number of furan rings is 1. The van der Waals surface area contributed by atoms with Crippen LogP contribution in [0.25, 0.3) is 87.6 Å². The van der Waals surface area contributed by atoms with Crippen molar-refractivity contribution in [2.75, 3.05) is 0 Å². The van der Waals surface area contributed by atoms with Crippen molar-refractivity contribution in [3.63, 3.8) is 0 Å². The van der Waals surface area contributed by atoms with Crippen LogP contribution in [0, 0.1) is 0 Å². The molecule has 9 rings (SSSR count). The largest absolute Gasteiger partial charge is 0.456 e. The molecule has 0 aliphatic rings. The van der Waals surface area contributed by atoms with Gasteiger partial charge in [0.15, 0.2) is 0 Å². The van der Waals surface area contributed by atoms with Crippen LogP contribution in [0.1, 0.15) is 24.7 Å². The van der Waals surface area contributed by atoms with Gasteiger partial charge in [0.1, 0.15) is 11.2 Å². The van der Waals surface area contributed by atoms with E-state index in [2.05, 4.69) is 0 Å². The van der Waals surface area contributed by atoms with E-state index in [9.17, 15) is 8.22 Å². The van der Waals surface area contributed by atoms with Crippen molar-refractivity contribution < 1.29 is 29.1 Å². The molecule has 1 heteroatoms. The second-order valence-electron chi connectivity index (χ2n) is 9.85. The molecule has 0 saturated carbocycles. The quantitative estimate of drug-likeness (QED) is 0.195. The average Bonchev–Trinajstić information content (AvgIpc) is 3.66. The van der Waals surface area contributed by atoms with E-state index in [-0.39, 0.29) is 55.0 Å². The Balaban J connectivity index is 1.38. The van der Waals surface area contributed by atoms with Crippen LogP contribution in [0.3, 0.4) is 0 Å². The molecule has 9 aromatic rings. The number of rotatable bonds is 3. The molecule has 0 fully saturated rings. The van der Waals surface area contributed by atoms with Gasteiger partial charge in [-0.2, -0.15) is 0 Å². The average molecular weight is 565 g/mol. The summed E-state index contributed by atoms with van der Waals surface area (Å²) in [6.07, 6.45) is 0. The normalized spacial score (nSPS) is 17.6. The van der Waals surface area contributed by atoms with Gasteiger partial charge in [-0.15, -0.1) is 0 Å². The highest BCUT2D eigenvalue weighted by Crippen LogP contribution is 2.44. The Morgan fingerprint density at radius 2 is 0.907 bits per heavy atom. The fourth-order valence-electron chi connectivity index (χ4n) is 5.56. The van der Waals surface area contributed by atoms with E-state index in [4.69, 9.17) is 20.9 Å². The first-order valence-corrected chi connectivity index (χ1v) is 13.3. The van der Waals surface area contributed by atoms with Crippen molar-refractivity contribution in [1.29, 1.82) is 0 Å². The van der Waals surface area contributed by atoms with Crippen LogP contribution in [0.15, 0.2) is 162 Å². The monoisotopic (exact) mass is 564 g/mol. The van der Waals surface area contributed by atoms with Gasteiger partial charge >= 0.3 is 0 Å². The third-order valence-corrected chi connectivity index (χ3v) is 7.44. The minimum atomic E-state index is -0.688. The number of fused-ring (bicyclic) bond motifs is 6. The highest BCUT2D eigenvalue weighted by atomic mass is 16.3. The van der Waals surface area contributed by atoms with E-state index in [1.807, 2.05) is 0 Å². The highest BCUT2D eigenvalue weighted by Gasteiger charge is 2.17. The summed E-state index contributed by atoms with van der Waals surface area (Å²) >= 11 is 0. The molecule has 8 aromatic carbocycles. The van der Waals surface area contributed by atoms with Crippen molar-refractivity contribution in [2.45, 2.75) is 0 Å². The molecule has 200 valence electrons. The Hall–Kier alpha value is -5.66. The molecule has 0 bridgehead atoms. The molecule has 0 radical (unpaired) electrons. The summed E-state index contributed by atoms with van der Waals surface area (Å²) in [4.78, 5) is 0. The lowest BCUT2D eigenvalue weighted by molar-refractivity contribution is 0.669. The van der Waals surface area contributed by atoms with E-state index in [1.54, 1.807) is 48.5 Å². The van der Waals surface area contributed by atoms with Crippen LogP contribution in [-0.4, -0.2) is 0 Å². The van der Waals surface area contributed by atoms with Crippen molar-refractivity contribution in [2.24, 2.45) is 0 Å². The second kappa shape index (κ2) is 9.44. The maximum absolute atomic E-state index is 9.43. The van der Waals surface area contributed by atoms with Gasteiger partial charge in [0.05, 0.1) is 24.7 Å². The number of hydrogen-bond donors (Lipinski definition) is 0. The number of para-hydroxylation sites is 1. The van der Waals surface area contributed by atoms with Gasteiger partial charge in [-0.3, -0.25) is 0 Å². The maximum atomic E-state index is 9.43. The minimum Gasteiger partial charge on any atom is -0.456 e. The molecule has 0 unspecified atom stereocenters. The summed E-state index contributed by atoms with van der Waals surface area (Å²) in [5, 5.41) is 0.420. The summed E-state index contributed by atoms with van der Waals surface area (Å²) in [5.74, 6) is 0. The van der Waals surface area contributed by atoms with Crippen molar-refractivity contribution in [3.05, 3.63) is 157 Å². The van der Waals surface area contributed by atoms with E-state index in [0.29, 0.717) is 21.5 Å². The molecule has 0 N–H and O–H groups in total. The van der Waals surface area contributed by atoms with Crippen LogP contribution >= 0.6 is 0 Å². The summed E-state index contributed by atoms with van der Waals surface area (Å²) in [5.41, 5.74) is -1.49. The molecular weight excluding hydrogens is 520 g/mol. The summed E-state index contributed by atoms with van der Waals surface area (Å²) in [6.45, 7) is 0. The molecule has 0 atom stereocenters. The molecule has 1 heterocycles. The zero-order valence-corrected chi connectivity index (χ0v) is 22.0. The Labute approximate surface area is 274 Å². The van der Waals surface area contributed by atoms with Crippen LogP contribution in [0.2, 0.25) is 0 Å². The van der Waals surface area contributed by atoms with Crippen LogP contribution in [-0.2, 0) is 0 Å². The third-order valence-electron chi connectivity index (χ3n) is 7.44. The molecule has 1 nitrogen and oxygen atoms in total. The van der Waals surface area contributed by atoms with Gasteiger partial charge in [-0.1, -0.05) is 133 Å². The lowest BCUT2D eigenvalue weighted by Gasteiger charge is -2.18. The summed E-state index contributed by atoms with van der Waals surface area (Å²) < 4.78 is 164. The van der Waals surface area contributed by atoms with Gasteiger partial charge in [-0.05, 0) is 89.9 Å². The van der Waals surface area contributed by atoms with Crippen molar-refractivity contribution in [1.82, 2.24) is 0 Å². The fourth-order valence-corrected chi connectivity index (χ4v) is 5.56. The summed E-state index contributed by atoms with van der Waals surface area (Å²) in [6, 6.07) is 2.79. The lowest BCUT2D eigenvalue weighted by Crippen LogP contribution is -1.91. The van der Waals surface area contributed by atoms with Crippen molar-refractivity contribution in [3.8, 4) is 33.4 Å². The molecule has 0 spiro atoms. The zero-order chi connectivity index (χ0) is 44.0. The van der Waals surface area contributed by atoms with Crippen LogP contribution < -0.4 is 0 Å². The Kier molecular flexibility index (Phi) is 2.70. The maximum Gasteiger partial charge on any atom is 0.135 e. The molecule has 1 aromatic heterocycles. The standard InChI is InChI=1S/C42H26O/c1-2-10-30-25-32(22-19-27(30)9-1)42-36-14-5-3-12-34(36)41(35-13-4-6-15-37(35)42)29-20-17-28(18-21-29)31-23-24-40-38(26-31)33-11-7-8-16-39(33)43-40/h1-26H/i1D,2D,7D,8D,9D,10D,11D,16D,17D,18D,19D,20D,21D,22D,23D,24D,25D,26D. The predicted molar refractivity (Wildman–Crippen MR) is 183 cm³/mol. The first-order valence-electron chi connectivity index (χ1n) is 22.3. The second-order valence-corrected chi connectivity index (χ2v) is 9.85. The first kappa shape index (κ1) is 12.3. The van der Waals surface area contributed by atoms with Gasteiger partial charge in [0.2, 0.25) is 0 Å². The van der Waals surface area contributed by atoms with E-state index < -0.39 is 120 Å². The zero-order valence-electron chi connectivity index (χ0n) is 40.0. The summed E-state index contributed by atoms with van der Waals surface area (Å²) in [7, 11) is 0. The smallest absolute Gasteiger partial charge is 0.135 e. The van der Waals surface area contributed by atoms with Gasteiger partial charge in [0, 0.05) is 10.8 Å². The van der Waals surface area contributed by atoms with Crippen LogP contribution in [0.4, 0.5) is 0 Å². The fraction of sp³-hybridized carbons (Fsp3) is 0. The third kappa shape index (κ3) is 3.79. The topological polar surface area (TPSA) is 13.1 Å².